The Morgan fingerprint density at radius 1 is 1.04 bits per heavy atom. The van der Waals surface area contributed by atoms with Gasteiger partial charge in [-0.25, -0.2) is 14.6 Å². The molecule has 0 unspecified atom stereocenters. The fourth-order valence-electron chi connectivity index (χ4n) is 6.45. The molecule has 15 nitrogen and oxygen atoms in total. The van der Waals surface area contributed by atoms with Crippen LogP contribution in [0, 0.1) is 13.8 Å². The first-order chi connectivity index (χ1) is 23.9. The highest BCUT2D eigenvalue weighted by Gasteiger charge is 2.29. The molecule has 5 aromatic rings. The average molecular weight is 690 g/mol. The molecule has 7 rings (SSSR count). The minimum atomic E-state index is -0.214. The molecule has 2 fully saturated rings. The monoisotopic (exact) mass is 689 g/mol. The second kappa shape index (κ2) is 14.9. The van der Waals surface area contributed by atoms with E-state index in [2.05, 4.69) is 40.9 Å². The third-order valence-corrected chi connectivity index (χ3v) is 9.47. The summed E-state index contributed by atoms with van der Waals surface area (Å²) in [5.74, 6) is 2.17. The van der Waals surface area contributed by atoms with Gasteiger partial charge in [0, 0.05) is 37.1 Å². The maximum atomic E-state index is 6.47. The van der Waals surface area contributed by atoms with Gasteiger partial charge in [-0.15, -0.1) is 10.2 Å². The number of anilines is 2. The Balaban J connectivity index is 1.05. The van der Waals surface area contributed by atoms with Crippen LogP contribution >= 0.6 is 11.6 Å². The zero-order chi connectivity index (χ0) is 33.7. The Labute approximate surface area is 288 Å². The van der Waals surface area contributed by atoms with Crippen molar-refractivity contribution >= 4 is 23.2 Å². The van der Waals surface area contributed by atoms with Gasteiger partial charge in [-0.3, -0.25) is 9.58 Å². The Morgan fingerprint density at radius 3 is 2.53 bits per heavy atom. The van der Waals surface area contributed by atoms with Crippen LogP contribution in [-0.2, 0) is 17.9 Å². The minimum Gasteiger partial charge on any atom is -0.487 e. The van der Waals surface area contributed by atoms with Crippen LogP contribution in [0.2, 0.25) is 5.02 Å². The zero-order valence-corrected chi connectivity index (χ0v) is 28.6. The third-order valence-electron chi connectivity index (χ3n) is 9.16. The number of hydrogen-bond acceptors (Lipinski definition) is 13. The molecule has 0 spiro atoms. The van der Waals surface area contributed by atoms with Crippen LogP contribution in [0.15, 0.2) is 47.6 Å². The largest absolute Gasteiger partial charge is 0.487 e. The van der Waals surface area contributed by atoms with Crippen LogP contribution in [0.4, 0.5) is 11.6 Å². The smallest absolute Gasteiger partial charge is 0.257 e. The van der Waals surface area contributed by atoms with Crippen LogP contribution < -0.4 is 14.8 Å². The summed E-state index contributed by atoms with van der Waals surface area (Å²) in [7, 11) is 0. The van der Waals surface area contributed by atoms with E-state index in [1.807, 2.05) is 43.8 Å². The fourth-order valence-corrected chi connectivity index (χ4v) is 6.61. The Kier molecular flexibility index (Phi) is 10.0. The van der Waals surface area contributed by atoms with Crippen molar-refractivity contribution in [3.63, 3.8) is 0 Å². The van der Waals surface area contributed by atoms with Crippen LogP contribution in [0.3, 0.4) is 0 Å². The summed E-state index contributed by atoms with van der Waals surface area (Å²) in [4.78, 5) is 11.8. The topological polar surface area (TPSA) is 156 Å². The van der Waals surface area contributed by atoms with E-state index in [4.69, 9.17) is 35.4 Å². The van der Waals surface area contributed by atoms with Gasteiger partial charge in [-0.1, -0.05) is 22.8 Å². The number of nitrogens with zero attached hydrogens (tertiary/aromatic N) is 10. The van der Waals surface area contributed by atoms with E-state index in [0.29, 0.717) is 40.9 Å². The molecule has 1 aliphatic carbocycles. The number of nitrogens with one attached hydrogen (secondary N) is 1. The molecule has 2 aliphatic rings. The molecule has 258 valence electrons. The molecule has 1 saturated heterocycles. The summed E-state index contributed by atoms with van der Waals surface area (Å²) in [5, 5.41) is 24.0. The van der Waals surface area contributed by atoms with Crippen LogP contribution in [0.5, 0.6) is 11.6 Å². The van der Waals surface area contributed by atoms with Crippen molar-refractivity contribution in [2.45, 2.75) is 77.8 Å². The molecule has 5 heterocycles. The maximum absolute atomic E-state index is 6.47. The van der Waals surface area contributed by atoms with Crippen molar-refractivity contribution in [2.75, 3.05) is 31.6 Å². The second-order valence-electron chi connectivity index (χ2n) is 12.6. The number of hydrogen-bond donors (Lipinski definition) is 1. The van der Waals surface area contributed by atoms with E-state index in [9.17, 15) is 0 Å². The Hall–Kier alpha value is -4.60. The van der Waals surface area contributed by atoms with Gasteiger partial charge >= 0.3 is 0 Å². The molecule has 49 heavy (non-hydrogen) atoms. The van der Waals surface area contributed by atoms with E-state index >= 15 is 0 Å². The van der Waals surface area contributed by atoms with E-state index < -0.39 is 0 Å². The SMILES string of the molecule is Cc1noc(C)c1COc1nn(C2CCC(N3CCOCC3)CC2)cc1Nc1ncc(-c2ccc(Cl)c(O[C@@H](C)Cn3cnnn3)c2)cn1. The summed E-state index contributed by atoms with van der Waals surface area (Å²) in [6, 6.07) is 6.45. The van der Waals surface area contributed by atoms with Crippen molar-refractivity contribution in [3.8, 4) is 22.8 Å². The number of tetrazole rings is 1. The highest BCUT2D eigenvalue weighted by Crippen LogP contribution is 2.36. The number of rotatable bonds is 12. The molecular weight excluding hydrogens is 650 g/mol. The number of morpholine rings is 1. The van der Waals surface area contributed by atoms with Crippen LogP contribution in [0.25, 0.3) is 11.1 Å². The lowest BCUT2D eigenvalue weighted by Gasteiger charge is -2.38. The van der Waals surface area contributed by atoms with Crippen molar-refractivity contribution in [3.05, 3.63) is 65.2 Å². The molecule has 0 radical (unpaired) electrons. The number of aromatic nitrogens is 9. The summed E-state index contributed by atoms with van der Waals surface area (Å²) >= 11 is 6.47. The number of aryl methyl sites for hydroxylation is 2. The third kappa shape index (κ3) is 7.84. The maximum Gasteiger partial charge on any atom is 0.257 e. The van der Waals surface area contributed by atoms with Gasteiger partial charge in [0.15, 0.2) is 0 Å². The average Bonchev–Trinajstić information content (AvgIpc) is 3.86. The van der Waals surface area contributed by atoms with E-state index in [-0.39, 0.29) is 18.8 Å². The molecule has 0 bridgehead atoms. The first-order valence-corrected chi connectivity index (χ1v) is 17.0. The van der Waals surface area contributed by atoms with Gasteiger partial charge in [0.25, 0.3) is 5.88 Å². The predicted molar refractivity (Wildman–Crippen MR) is 180 cm³/mol. The van der Waals surface area contributed by atoms with Crippen molar-refractivity contribution in [1.82, 2.24) is 50.0 Å². The molecule has 16 heteroatoms. The number of halogens is 1. The number of benzene rings is 1. The lowest BCUT2D eigenvalue weighted by molar-refractivity contribution is 0.00502. The quantitative estimate of drug-likeness (QED) is 0.183. The highest BCUT2D eigenvalue weighted by atomic mass is 35.5. The zero-order valence-electron chi connectivity index (χ0n) is 27.8. The lowest BCUT2D eigenvalue weighted by atomic mass is 9.90. The Morgan fingerprint density at radius 2 is 1.82 bits per heavy atom. The highest BCUT2D eigenvalue weighted by molar-refractivity contribution is 6.32. The molecule has 1 atom stereocenters. The van der Waals surface area contributed by atoms with Gasteiger partial charge < -0.3 is 24.1 Å². The predicted octanol–water partition coefficient (Wildman–Crippen LogP) is 5.19. The standard InChI is InChI=1S/C33H40ClN11O4/c1-21(17-44-20-37-41-42-44)48-31-14-24(4-9-29(31)34)25-15-35-33(36-16-25)38-30-18-45(39-32(30)47-19-28-22(2)40-49-23(28)3)27-7-5-26(6-8-27)43-10-12-46-13-11-43/h4,9,14-16,18,20-21,26-27H,5-8,10-13,17,19H2,1-3H3,(H,35,36,38)/t21-,26?,27?/m0/s1. The molecule has 0 amide bonds. The summed E-state index contributed by atoms with van der Waals surface area (Å²) in [6.07, 6.45) is 11.2. The van der Waals surface area contributed by atoms with Crippen molar-refractivity contribution in [1.29, 1.82) is 0 Å². The summed E-state index contributed by atoms with van der Waals surface area (Å²) in [5.41, 5.74) is 4.06. The van der Waals surface area contributed by atoms with Gasteiger partial charge in [0.1, 0.15) is 36.2 Å². The van der Waals surface area contributed by atoms with Gasteiger partial charge in [-0.2, -0.15) is 0 Å². The lowest BCUT2D eigenvalue weighted by Crippen LogP contribution is -2.45. The molecule has 1 aromatic carbocycles. The van der Waals surface area contributed by atoms with Gasteiger partial charge in [-0.05, 0) is 74.6 Å². The summed E-state index contributed by atoms with van der Waals surface area (Å²) in [6.45, 7) is 10.1. The molecule has 1 aliphatic heterocycles. The van der Waals surface area contributed by atoms with Crippen molar-refractivity contribution < 1.29 is 18.7 Å². The molecule has 4 aromatic heterocycles. The number of ether oxygens (including phenoxy) is 3. The minimum absolute atomic E-state index is 0.214. The van der Waals surface area contributed by atoms with Crippen molar-refractivity contribution in [2.24, 2.45) is 0 Å². The van der Waals surface area contributed by atoms with E-state index in [1.165, 1.54) is 0 Å². The van der Waals surface area contributed by atoms with E-state index in [1.54, 1.807) is 29.5 Å². The molecular formula is C33H40ClN11O4. The molecule has 1 N–H and O–H groups in total. The fraction of sp³-hybridized carbons (Fsp3) is 0.485. The first kappa shape index (κ1) is 32.9. The van der Waals surface area contributed by atoms with Crippen LogP contribution in [0.1, 0.15) is 55.7 Å². The van der Waals surface area contributed by atoms with E-state index in [0.717, 1.165) is 80.1 Å². The molecule has 1 saturated carbocycles. The van der Waals surface area contributed by atoms with Crippen LogP contribution in [-0.4, -0.2) is 88.5 Å². The summed E-state index contributed by atoms with van der Waals surface area (Å²) < 4.78 is 26.9. The first-order valence-electron chi connectivity index (χ1n) is 16.6. The second-order valence-corrected chi connectivity index (χ2v) is 13.0. The van der Waals surface area contributed by atoms with Gasteiger partial charge in [0.05, 0.1) is 48.3 Å². The Bertz CT molecular complexity index is 1800. The normalized spacial score (nSPS) is 19.1. The van der Waals surface area contributed by atoms with Gasteiger partial charge in [0.2, 0.25) is 5.95 Å².